The number of carbonyl (C=O) groups excluding carboxylic acids is 1. The molecule has 1 aromatic heterocycles. The van der Waals surface area contributed by atoms with E-state index in [9.17, 15) is 19.7 Å². The Kier molecular flexibility index (Phi) is 5.31. The Morgan fingerprint density at radius 3 is 2.51 bits per heavy atom. The smallest absolute Gasteiger partial charge is 0.271 e. The molecule has 184 valence electrons. The van der Waals surface area contributed by atoms with Crippen LogP contribution in [-0.2, 0) is 4.79 Å². The quantitative estimate of drug-likeness (QED) is 0.296. The fourth-order valence-corrected chi connectivity index (χ4v) is 6.40. The number of rotatable bonds is 3. The van der Waals surface area contributed by atoms with Crippen LogP contribution in [0.3, 0.4) is 0 Å². The number of hydrogen-bond acceptors (Lipinski definition) is 6. The van der Waals surface area contributed by atoms with Crippen molar-refractivity contribution in [1.82, 2.24) is 4.57 Å². The number of hydrogen-bond donors (Lipinski definition) is 0. The van der Waals surface area contributed by atoms with Crippen LogP contribution in [0.15, 0.2) is 87.8 Å². The van der Waals surface area contributed by atoms with Gasteiger partial charge in [-0.2, -0.15) is 0 Å². The molecule has 1 atom stereocenters. The summed E-state index contributed by atoms with van der Waals surface area (Å²) in [5.74, 6) is 0.0255. The summed E-state index contributed by atoms with van der Waals surface area (Å²) in [6.07, 6.45) is 2.78. The van der Waals surface area contributed by atoms with E-state index in [1.165, 1.54) is 23.5 Å². The average Bonchev–Trinajstić information content (AvgIpc) is 3.16. The lowest BCUT2D eigenvalue weighted by Gasteiger charge is -2.35. The maximum absolute atomic E-state index is 13.9. The molecule has 4 aromatic rings. The molecule has 0 N–H and O–H groups in total. The summed E-state index contributed by atoms with van der Waals surface area (Å²) in [4.78, 5) is 43.4. The Hall–Kier alpha value is -4.17. The zero-order valence-electron chi connectivity index (χ0n) is 20.3. The third kappa shape index (κ3) is 3.94. The number of carbonyl (C=O) groups is 1. The van der Waals surface area contributed by atoms with Crippen LogP contribution < -0.4 is 14.9 Å². The predicted octanol–water partition coefficient (Wildman–Crippen LogP) is 4.67. The summed E-state index contributed by atoms with van der Waals surface area (Å²) in [7, 11) is 0. The minimum atomic E-state index is -0.569. The maximum Gasteiger partial charge on any atom is 0.271 e. The van der Waals surface area contributed by atoms with Crippen LogP contribution >= 0.6 is 11.3 Å². The van der Waals surface area contributed by atoms with Crippen molar-refractivity contribution < 1.29 is 9.72 Å². The molecule has 8 heteroatoms. The Morgan fingerprint density at radius 1 is 1.03 bits per heavy atom. The van der Waals surface area contributed by atoms with Crippen molar-refractivity contribution in [3.63, 3.8) is 0 Å². The average molecular weight is 510 g/mol. The van der Waals surface area contributed by atoms with Gasteiger partial charge < -0.3 is 0 Å². The van der Waals surface area contributed by atoms with Gasteiger partial charge in [-0.15, -0.1) is 0 Å². The Morgan fingerprint density at radius 2 is 1.76 bits per heavy atom. The van der Waals surface area contributed by atoms with E-state index >= 15 is 0 Å². The number of allylic oxidation sites excluding steroid dienone is 2. The number of nitro benzene ring substituents is 1. The minimum absolute atomic E-state index is 0.0108. The third-order valence-electron chi connectivity index (χ3n) is 7.02. The molecule has 0 amide bonds. The van der Waals surface area contributed by atoms with E-state index in [4.69, 9.17) is 4.99 Å². The van der Waals surface area contributed by atoms with Gasteiger partial charge in [0.1, 0.15) is 0 Å². The van der Waals surface area contributed by atoms with Crippen molar-refractivity contribution in [2.24, 2.45) is 10.4 Å². The highest BCUT2D eigenvalue weighted by Gasteiger charge is 2.40. The predicted molar refractivity (Wildman–Crippen MR) is 143 cm³/mol. The van der Waals surface area contributed by atoms with E-state index in [1.54, 1.807) is 22.8 Å². The lowest BCUT2D eigenvalue weighted by atomic mass is 9.73. The van der Waals surface area contributed by atoms with E-state index in [-0.39, 0.29) is 22.4 Å². The SMILES string of the molecule is CC1(C)CC(=O)C2=C(C1)N=c1sc(=Cc3ccc([N+](=O)[O-])cc3)c(=O)n1C2c1cccc2ccccc12. The second-order valence-electron chi connectivity index (χ2n) is 10.3. The second kappa shape index (κ2) is 8.45. The molecular formula is C29H23N3O4S. The number of Topliss-reactive ketones (excluding diaryl/α,β-unsaturated/α-hetero) is 1. The van der Waals surface area contributed by atoms with Gasteiger partial charge in [0.2, 0.25) is 0 Å². The topological polar surface area (TPSA) is 94.6 Å². The molecule has 0 bridgehead atoms. The number of non-ortho nitro benzene ring substituents is 1. The number of aromatic nitrogens is 1. The molecule has 3 aromatic carbocycles. The first kappa shape index (κ1) is 23.2. The zero-order chi connectivity index (χ0) is 25.9. The maximum atomic E-state index is 13.9. The first-order valence-corrected chi connectivity index (χ1v) is 12.8. The molecule has 0 fully saturated rings. The number of nitrogens with zero attached hydrogens (tertiary/aromatic N) is 3. The van der Waals surface area contributed by atoms with Crippen molar-refractivity contribution >= 4 is 39.7 Å². The van der Waals surface area contributed by atoms with Crippen LogP contribution in [-0.4, -0.2) is 15.3 Å². The summed E-state index contributed by atoms with van der Waals surface area (Å²) in [6.45, 7) is 4.14. The zero-order valence-corrected chi connectivity index (χ0v) is 21.1. The Bertz CT molecular complexity index is 1820. The van der Waals surface area contributed by atoms with Gasteiger partial charge in [-0.25, -0.2) is 4.99 Å². The van der Waals surface area contributed by atoms with Gasteiger partial charge in [-0.3, -0.25) is 24.3 Å². The van der Waals surface area contributed by atoms with Crippen LogP contribution in [0, 0.1) is 15.5 Å². The number of ketones is 1. The van der Waals surface area contributed by atoms with Gasteiger partial charge in [0, 0.05) is 24.1 Å². The number of fused-ring (bicyclic) bond motifs is 2. The summed E-state index contributed by atoms with van der Waals surface area (Å²) >= 11 is 1.28. The number of nitro groups is 1. The van der Waals surface area contributed by atoms with Gasteiger partial charge in [0.05, 0.1) is 21.2 Å². The second-order valence-corrected chi connectivity index (χ2v) is 11.3. The van der Waals surface area contributed by atoms with Gasteiger partial charge in [-0.1, -0.05) is 67.6 Å². The molecule has 0 radical (unpaired) electrons. The molecule has 1 unspecified atom stereocenters. The Labute approximate surface area is 215 Å². The summed E-state index contributed by atoms with van der Waals surface area (Å²) in [5.41, 5.74) is 2.48. The van der Waals surface area contributed by atoms with Crippen molar-refractivity contribution in [3.05, 3.63) is 119 Å². The van der Waals surface area contributed by atoms with Crippen LogP contribution in [0.5, 0.6) is 0 Å². The van der Waals surface area contributed by atoms with Crippen LogP contribution in [0.2, 0.25) is 0 Å². The summed E-state index contributed by atoms with van der Waals surface area (Å²) in [5, 5.41) is 13.0. The van der Waals surface area contributed by atoms with E-state index in [1.807, 2.05) is 42.5 Å². The first-order valence-electron chi connectivity index (χ1n) is 12.0. The summed E-state index contributed by atoms with van der Waals surface area (Å²) < 4.78 is 2.11. The van der Waals surface area contributed by atoms with E-state index in [2.05, 4.69) is 13.8 Å². The molecule has 1 aliphatic carbocycles. The lowest BCUT2D eigenvalue weighted by molar-refractivity contribution is -0.384. The van der Waals surface area contributed by atoms with Crippen molar-refractivity contribution in [1.29, 1.82) is 0 Å². The van der Waals surface area contributed by atoms with Crippen LogP contribution in [0.4, 0.5) is 5.69 Å². The van der Waals surface area contributed by atoms with E-state index in [0.717, 1.165) is 22.0 Å². The van der Waals surface area contributed by atoms with Crippen molar-refractivity contribution in [3.8, 4) is 0 Å². The highest BCUT2D eigenvalue weighted by molar-refractivity contribution is 7.07. The lowest BCUT2D eigenvalue weighted by Crippen LogP contribution is -2.42. The highest BCUT2D eigenvalue weighted by Crippen LogP contribution is 2.44. The molecule has 0 saturated carbocycles. The molecule has 1 aliphatic heterocycles. The molecule has 7 nitrogen and oxygen atoms in total. The van der Waals surface area contributed by atoms with E-state index < -0.39 is 11.0 Å². The largest absolute Gasteiger partial charge is 0.294 e. The van der Waals surface area contributed by atoms with Gasteiger partial charge >= 0.3 is 0 Å². The molecule has 2 heterocycles. The van der Waals surface area contributed by atoms with Crippen molar-refractivity contribution in [2.75, 3.05) is 0 Å². The fourth-order valence-electron chi connectivity index (χ4n) is 5.38. The minimum Gasteiger partial charge on any atom is -0.294 e. The Balaban J connectivity index is 1.61. The monoisotopic (exact) mass is 509 g/mol. The van der Waals surface area contributed by atoms with Gasteiger partial charge in [0.25, 0.3) is 11.2 Å². The fraction of sp³-hybridized carbons (Fsp3) is 0.207. The van der Waals surface area contributed by atoms with Crippen molar-refractivity contribution in [2.45, 2.75) is 32.7 Å². The third-order valence-corrected chi connectivity index (χ3v) is 8.00. The molecule has 0 spiro atoms. The molecular weight excluding hydrogens is 486 g/mol. The molecule has 37 heavy (non-hydrogen) atoms. The van der Waals surface area contributed by atoms with Gasteiger partial charge in [0.15, 0.2) is 10.6 Å². The molecule has 6 rings (SSSR count). The van der Waals surface area contributed by atoms with Crippen LogP contribution in [0.25, 0.3) is 16.8 Å². The molecule has 2 aliphatic rings. The van der Waals surface area contributed by atoms with E-state index in [0.29, 0.717) is 33.3 Å². The highest BCUT2D eigenvalue weighted by atomic mass is 32.1. The number of thiazole rings is 1. The normalized spacial score (nSPS) is 18.9. The number of benzene rings is 3. The van der Waals surface area contributed by atoms with Crippen LogP contribution in [0.1, 0.15) is 43.9 Å². The molecule has 0 saturated heterocycles. The first-order chi connectivity index (χ1) is 17.7. The standard InChI is InChI=1S/C29H23N3O4S/c1-29(2)15-22-25(23(33)16-29)26(21-9-5-7-18-6-3-4-8-20(18)21)31-27(34)24(37-28(31)30-22)14-17-10-12-19(13-11-17)32(35)36/h3-14,26H,15-16H2,1-2H3. The van der Waals surface area contributed by atoms with Gasteiger partial charge in [-0.05, 0) is 51.9 Å². The summed E-state index contributed by atoms with van der Waals surface area (Å²) in [6, 6.07) is 19.5.